The zero-order valence-electron chi connectivity index (χ0n) is 23.8. The van der Waals surface area contributed by atoms with Gasteiger partial charge in [0.25, 0.3) is 5.91 Å². The standard InChI is InChI=1S/C32H31ClFN7O2/c1-20(34)31(42)41-15-14-40(18-23(41)11-12-35)30-29-27(37-32(38-30)43-19-24-8-5-13-39(24)2)16-22(17-36-29)25-9-3-6-21-7-4-10-26(33)28(21)25/h3-4,6-7,9-10,16-17,23-24H,1,5,8,11,13-15,18-19H2,2H3/t23-,24-/m0/s1. The van der Waals surface area contributed by atoms with Crippen molar-refractivity contribution in [3.63, 3.8) is 0 Å². The van der Waals surface area contributed by atoms with Gasteiger partial charge in [0.2, 0.25) is 0 Å². The van der Waals surface area contributed by atoms with Gasteiger partial charge in [-0.1, -0.05) is 48.5 Å². The van der Waals surface area contributed by atoms with Crippen molar-refractivity contribution in [2.75, 3.05) is 44.7 Å². The second-order valence-electron chi connectivity index (χ2n) is 11.0. The number of halogens is 2. The summed E-state index contributed by atoms with van der Waals surface area (Å²) in [6, 6.07) is 15.9. The molecule has 0 spiro atoms. The summed E-state index contributed by atoms with van der Waals surface area (Å²) in [5.41, 5.74) is 2.93. The number of ether oxygens (including phenoxy) is 1. The molecular formula is C32H31ClFN7O2. The summed E-state index contributed by atoms with van der Waals surface area (Å²) in [6.07, 6.45) is 3.97. The Kier molecular flexibility index (Phi) is 8.10. The third kappa shape index (κ3) is 5.70. The molecule has 2 aromatic carbocycles. The molecule has 2 aliphatic heterocycles. The number of hydrogen-bond acceptors (Lipinski definition) is 8. The van der Waals surface area contributed by atoms with Crippen LogP contribution in [0.25, 0.3) is 32.9 Å². The summed E-state index contributed by atoms with van der Waals surface area (Å²) in [6.45, 7) is 5.46. The van der Waals surface area contributed by atoms with Crippen molar-refractivity contribution in [3.05, 3.63) is 66.1 Å². The van der Waals surface area contributed by atoms with Gasteiger partial charge in [-0.2, -0.15) is 15.2 Å². The average molecular weight is 600 g/mol. The van der Waals surface area contributed by atoms with Crippen LogP contribution in [0.15, 0.2) is 61.1 Å². The highest BCUT2D eigenvalue weighted by atomic mass is 35.5. The Balaban J connectivity index is 1.41. The van der Waals surface area contributed by atoms with E-state index in [-0.39, 0.29) is 31.6 Å². The van der Waals surface area contributed by atoms with Crippen molar-refractivity contribution >= 4 is 45.1 Å². The van der Waals surface area contributed by atoms with Gasteiger partial charge in [0.15, 0.2) is 11.6 Å². The van der Waals surface area contributed by atoms with Crippen LogP contribution in [0, 0.1) is 11.3 Å². The second kappa shape index (κ2) is 12.1. The van der Waals surface area contributed by atoms with E-state index in [1.807, 2.05) is 47.4 Å². The third-order valence-electron chi connectivity index (χ3n) is 8.34. The minimum Gasteiger partial charge on any atom is -0.462 e. The van der Waals surface area contributed by atoms with E-state index >= 15 is 0 Å². The smallest absolute Gasteiger partial charge is 0.319 e. The Morgan fingerprint density at radius 2 is 2.00 bits per heavy atom. The van der Waals surface area contributed by atoms with Gasteiger partial charge in [-0.25, -0.2) is 4.39 Å². The molecular weight excluding hydrogens is 569 g/mol. The fourth-order valence-electron chi connectivity index (χ4n) is 6.06. The van der Waals surface area contributed by atoms with E-state index in [0.29, 0.717) is 35.0 Å². The molecule has 1 amide bonds. The predicted molar refractivity (Wildman–Crippen MR) is 165 cm³/mol. The van der Waals surface area contributed by atoms with Crippen molar-refractivity contribution in [2.24, 2.45) is 0 Å². The Labute approximate surface area is 254 Å². The van der Waals surface area contributed by atoms with Gasteiger partial charge in [0.1, 0.15) is 12.1 Å². The molecule has 0 N–H and O–H groups in total. The van der Waals surface area contributed by atoms with Crippen molar-refractivity contribution in [3.8, 4) is 23.2 Å². The maximum absolute atomic E-state index is 13.8. The van der Waals surface area contributed by atoms with Crippen LogP contribution in [0.4, 0.5) is 10.2 Å². The number of carbonyl (C=O) groups excluding carboxylic acids is 1. The summed E-state index contributed by atoms with van der Waals surface area (Å²) in [4.78, 5) is 32.5. The maximum atomic E-state index is 13.8. The van der Waals surface area contributed by atoms with Gasteiger partial charge in [0.05, 0.1) is 24.0 Å². The highest BCUT2D eigenvalue weighted by Gasteiger charge is 2.33. The lowest BCUT2D eigenvalue weighted by molar-refractivity contribution is -0.131. The molecule has 6 rings (SSSR count). The Bertz CT molecular complexity index is 1750. The SMILES string of the molecule is C=C(F)C(=O)N1CCN(c2nc(OC[C@@H]3CCCN3C)nc3cc(-c4cccc5cccc(Cl)c45)cnc23)C[C@@H]1CC#N. The predicted octanol–water partition coefficient (Wildman–Crippen LogP) is 5.39. The molecule has 0 unspecified atom stereocenters. The number of amides is 1. The van der Waals surface area contributed by atoms with E-state index in [1.165, 1.54) is 4.90 Å². The van der Waals surface area contributed by atoms with Crippen LogP contribution >= 0.6 is 11.6 Å². The molecule has 9 nitrogen and oxygen atoms in total. The average Bonchev–Trinajstić information content (AvgIpc) is 3.43. The van der Waals surface area contributed by atoms with Crippen LogP contribution in [0.2, 0.25) is 5.02 Å². The van der Waals surface area contributed by atoms with Gasteiger partial charge < -0.3 is 19.4 Å². The van der Waals surface area contributed by atoms with E-state index in [1.54, 1.807) is 6.20 Å². The number of fused-ring (bicyclic) bond motifs is 2. The van der Waals surface area contributed by atoms with E-state index in [2.05, 4.69) is 24.6 Å². The van der Waals surface area contributed by atoms with Crippen molar-refractivity contribution in [1.29, 1.82) is 5.26 Å². The fourth-order valence-corrected chi connectivity index (χ4v) is 6.35. The number of likely N-dealkylation sites (tertiary alicyclic amines) is 1. The van der Waals surface area contributed by atoms with Gasteiger partial charge in [-0.05, 0) is 49.5 Å². The number of pyridine rings is 1. The van der Waals surface area contributed by atoms with E-state index in [4.69, 9.17) is 31.3 Å². The van der Waals surface area contributed by atoms with Crippen LogP contribution in [-0.4, -0.2) is 82.6 Å². The number of aromatic nitrogens is 3. The number of nitrogens with zero attached hydrogens (tertiary/aromatic N) is 7. The molecule has 4 aromatic rings. The molecule has 4 heterocycles. The summed E-state index contributed by atoms with van der Waals surface area (Å²) in [7, 11) is 2.08. The quantitative estimate of drug-likeness (QED) is 0.261. The third-order valence-corrected chi connectivity index (χ3v) is 8.66. The first-order valence-corrected chi connectivity index (χ1v) is 14.7. The van der Waals surface area contributed by atoms with Gasteiger partial charge in [-0.15, -0.1) is 0 Å². The summed E-state index contributed by atoms with van der Waals surface area (Å²) in [5.74, 6) is -1.30. The molecule has 2 saturated heterocycles. The van der Waals surface area contributed by atoms with Crippen LogP contribution in [-0.2, 0) is 4.79 Å². The number of hydrogen-bond donors (Lipinski definition) is 0. The Hall–Kier alpha value is -4.33. The van der Waals surface area contributed by atoms with Crippen molar-refractivity contribution in [2.45, 2.75) is 31.3 Å². The lowest BCUT2D eigenvalue weighted by Crippen LogP contribution is -2.55. The number of rotatable bonds is 7. The molecule has 0 bridgehead atoms. The number of benzene rings is 2. The van der Waals surface area contributed by atoms with Crippen LogP contribution in [0.5, 0.6) is 6.01 Å². The lowest BCUT2D eigenvalue weighted by atomic mass is 9.99. The molecule has 2 atom stereocenters. The monoisotopic (exact) mass is 599 g/mol. The van der Waals surface area contributed by atoms with E-state index < -0.39 is 17.8 Å². The first-order valence-electron chi connectivity index (χ1n) is 14.3. The van der Waals surface area contributed by atoms with Gasteiger partial charge in [-0.3, -0.25) is 9.78 Å². The number of nitriles is 1. The Morgan fingerprint density at radius 1 is 1.19 bits per heavy atom. The molecule has 2 aromatic heterocycles. The number of carbonyl (C=O) groups is 1. The molecule has 2 fully saturated rings. The number of anilines is 1. The zero-order chi connectivity index (χ0) is 30.1. The maximum Gasteiger partial charge on any atom is 0.319 e. The fraction of sp³-hybridized carbons (Fsp3) is 0.344. The van der Waals surface area contributed by atoms with Gasteiger partial charge >= 0.3 is 6.01 Å². The molecule has 220 valence electrons. The van der Waals surface area contributed by atoms with E-state index in [9.17, 15) is 14.4 Å². The highest BCUT2D eigenvalue weighted by Crippen LogP contribution is 2.36. The highest BCUT2D eigenvalue weighted by molar-refractivity contribution is 6.36. The summed E-state index contributed by atoms with van der Waals surface area (Å²) in [5, 5.41) is 12.1. The molecule has 0 aliphatic carbocycles. The Morgan fingerprint density at radius 3 is 2.74 bits per heavy atom. The topological polar surface area (TPSA) is 98.5 Å². The number of likely N-dealkylation sites (N-methyl/N-ethyl adjacent to an activating group) is 1. The summed E-state index contributed by atoms with van der Waals surface area (Å²) < 4.78 is 20.0. The molecule has 11 heteroatoms. The lowest BCUT2D eigenvalue weighted by Gasteiger charge is -2.41. The van der Waals surface area contributed by atoms with Crippen molar-refractivity contribution < 1.29 is 13.9 Å². The number of piperazine rings is 1. The zero-order valence-corrected chi connectivity index (χ0v) is 24.6. The van der Waals surface area contributed by atoms with Crippen LogP contribution in [0.1, 0.15) is 19.3 Å². The van der Waals surface area contributed by atoms with Crippen LogP contribution in [0.3, 0.4) is 0 Å². The second-order valence-corrected chi connectivity index (χ2v) is 11.4. The van der Waals surface area contributed by atoms with Crippen molar-refractivity contribution in [1.82, 2.24) is 24.8 Å². The molecule has 0 radical (unpaired) electrons. The normalized spacial score (nSPS) is 19.1. The van der Waals surface area contributed by atoms with E-state index in [0.717, 1.165) is 41.3 Å². The molecule has 2 aliphatic rings. The first-order chi connectivity index (χ1) is 20.8. The molecule has 43 heavy (non-hydrogen) atoms. The summed E-state index contributed by atoms with van der Waals surface area (Å²) >= 11 is 6.63. The first kappa shape index (κ1) is 28.8. The van der Waals surface area contributed by atoms with Gasteiger partial charge in [0, 0.05) is 47.8 Å². The molecule has 0 saturated carbocycles. The minimum atomic E-state index is -1.04. The largest absolute Gasteiger partial charge is 0.462 e. The minimum absolute atomic E-state index is 0.0370. The van der Waals surface area contributed by atoms with Crippen LogP contribution < -0.4 is 9.64 Å².